The van der Waals surface area contributed by atoms with E-state index in [1.807, 2.05) is 30.5 Å². The minimum atomic E-state index is 0.792. The van der Waals surface area contributed by atoms with Crippen molar-refractivity contribution in [1.82, 2.24) is 15.3 Å². The summed E-state index contributed by atoms with van der Waals surface area (Å²) >= 11 is 0. The first kappa shape index (κ1) is 11.0. The molecule has 0 spiro atoms. The van der Waals surface area contributed by atoms with E-state index in [0.29, 0.717) is 0 Å². The van der Waals surface area contributed by atoms with Crippen LogP contribution in [0.3, 0.4) is 0 Å². The van der Waals surface area contributed by atoms with Crippen molar-refractivity contribution >= 4 is 10.9 Å². The predicted octanol–water partition coefficient (Wildman–Crippen LogP) is 2.85. The van der Waals surface area contributed by atoms with Gasteiger partial charge in [-0.15, -0.1) is 0 Å². The number of fused-ring (bicyclic) bond motifs is 1. The Hall–Kier alpha value is -2.13. The van der Waals surface area contributed by atoms with Crippen LogP contribution in [-0.4, -0.2) is 9.97 Å². The molecule has 0 atom stereocenters. The van der Waals surface area contributed by atoms with Crippen LogP contribution in [0.1, 0.15) is 11.3 Å². The second-order valence-corrected chi connectivity index (χ2v) is 4.28. The lowest BCUT2D eigenvalue weighted by molar-refractivity contribution is 0.682. The Morgan fingerprint density at radius 1 is 1.00 bits per heavy atom. The third-order valence-electron chi connectivity index (χ3n) is 3.02. The average Bonchev–Trinajstić information content (AvgIpc) is 2.84. The Morgan fingerprint density at radius 2 is 1.89 bits per heavy atom. The van der Waals surface area contributed by atoms with Crippen molar-refractivity contribution < 1.29 is 0 Å². The Morgan fingerprint density at radius 3 is 2.78 bits per heavy atom. The topological polar surface area (TPSA) is 40.7 Å². The largest absolute Gasteiger partial charge is 0.361 e. The molecular formula is C15H15N3. The van der Waals surface area contributed by atoms with Crippen molar-refractivity contribution in [2.24, 2.45) is 0 Å². The molecule has 0 saturated heterocycles. The second-order valence-electron chi connectivity index (χ2n) is 4.28. The number of nitrogens with zero attached hydrogens (tertiary/aromatic N) is 1. The molecule has 90 valence electrons. The van der Waals surface area contributed by atoms with E-state index in [-0.39, 0.29) is 0 Å². The molecule has 0 saturated carbocycles. The van der Waals surface area contributed by atoms with Gasteiger partial charge in [0, 0.05) is 36.4 Å². The van der Waals surface area contributed by atoms with Gasteiger partial charge < -0.3 is 10.3 Å². The molecule has 3 nitrogen and oxygen atoms in total. The highest BCUT2D eigenvalue weighted by atomic mass is 14.9. The van der Waals surface area contributed by atoms with Crippen LogP contribution in [0.25, 0.3) is 10.9 Å². The molecule has 2 N–H and O–H groups in total. The van der Waals surface area contributed by atoms with Crippen LogP contribution in [0.4, 0.5) is 0 Å². The highest BCUT2D eigenvalue weighted by Crippen LogP contribution is 2.17. The average molecular weight is 237 g/mol. The zero-order valence-corrected chi connectivity index (χ0v) is 10.1. The number of pyridine rings is 1. The second kappa shape index (κ2) is 5.02. The molecule has 0 aliphatic rings. The maximum Gasteiger partial charge on any atom is 0.0541 e. The molecule has 0 unspecified atom stereocenters. The van der Waals surface area contributed by atoms with Gasteiger partial charge in [-0.25, -0.2) is 0 Å². The molecule has 0 aliphatic carbocycles. The number of hydrogen-bond donors (Lipinski definition) is 2. The molecular weight excluding hydrogens is 222 g/mol. The summed E-state index contributed by atoms with van der Waals surface area (Å²) in [7, 11) is 0. The standard InChI is InChI=1S/C15H15N3/c1-2-7-15-14(6-1)12(10-18-15)9-16-11-13-5-3-4-8-17-13/h1-8,10,16,18H,9,11H2. The van der Waals surface area contributed by atoms with E-state index in [0.717, 1.165) is 18.8 Å². The smallest absolute Gasteiger partial charge is 0.0541 e. The van der Waals surface area contributed by atoms with E-state index < -0.39 is 0 Å². The van der Waals surface area contributed by atoms with Crippen LogP contribution in [0.5, 0.6) is 0 Å². The maximum atomic E-state index is 4.29. The monoisotopic (exact) mass is 237 g/mol. The number of aromatic amines is 1. The van der Waals surface area contributed by atoms with Gasteiger partial charge in [0.1, 0.15) is 0 Å². The van der Waals surface area contributed by atoms with Gasteiger partial charge in [0.15, 0.2) is 0 Å². The number of nitrogens with one attached hydrogen (secondary N) is 2. The van der Waals surface area contributed by atoms with Gasteiger partial charge in [-0.3, -0.25) is 4.98 Å². The number of para-hydroxylation sites is 1. The van der Waals surface area contributed by atoms with Crippen LogP contribution < -0.4 is 5.32 Å². The van der Waals surface area contributed by atoms with Gasteiger partial charge in [0.2, 0.25) is 0 Å². The van der Waals surface area contributed by atoms with E-state index in [1.54, 1.807) is 0 Å². The van der Waals surface area contributed by atoms with Crippen LogP contribution >= 0.6 is 0 Å². The van der Waals surface area contributed by atoms with E-state index in [9.17, 15) is 0 Å². The normalized spacial score (nSPS) is 10.9. The number of hydrogen-bond acceptors (Lipinski definition) is 2. The van der Waals surface area contributed by atoms with Crippen LogP contribution in [0.2, 0.25) is 0 Å². The SMILES string of the molecule is c1ccc(CNCc2c[nH]c3ccccc23)nc1. The van der Waals surface area contributed by atoms with E-state index >= 15 is 0 Å². The van der Waals surface area contributed by atoms with Gasteiger partial charge in [-0.1, -0.05) is 24.3 Å². The lowest BCUT2D eigenvalue weighted by atomic mass is 10.2. The number of H-pyrrole nitrogens is 1. The maximum absolute atomic E-state index is 4.29. The van der Waals surface area contributed by atoms with Gasteiger partial charge in [0.05, 0.1) is 5.69 Å². The number of aromatic nitrogens is 2. The highest BCUT2D eigenvalue weighted by Gasteiger charge is 2.02. The van der Waals surface area contributed by atoms with Crippen molar-refractivity contribution in [1.29, 1.82) is 0 Å². The molecule has 0 amide bonds. The third-order valence-corrected chi connectivity index (χ3v) is 3.02. The molecule has 2 heterocycles. The van der Waals surface area contributed by atoms with Crippen LogP contribution in [0.15, 0.2) is 54.9 Å². The number of benzene rings is 1. The Kier molecular flexibility index (Phi) is 3.07. The summed E-state index contributed by atoms with van der Waals surface area (Å²) in [6.45, 7) is 1.64. The summed E-state index contributed by atoms with van der Waals surface area (Å²) in [5.41, 5.74) is 3.55. The molecule has 18 heavy (non-hydrogen) atoms. The van der Waals surface area contributed by atoms with Crippen molar-refractivity contribution in [3.05, 3.63) is 66.1 Å². The number of rotatable bonds is 4. The zero-order valence-electron chi connectivity index (χ0n) is 10.1. The summed E-state index contributed by atoms with van der Waals surface area (Å²) in [5.74, 6) is 0. The van der Waals surface area contributed by atoms with E-state index in [4.69, 9.17) is 0 Å². The van der Waals surface area contributed by atoms with Gasteiger partial charge in [0.25, 0.3) is 0 Å². The fraction of sp³-hybridized carbons (Fsp3) is 0.133. The van der Waals surface area contributed by atoms with Crippen molar-refractivity contribution in [2.45, 2.75) is 13.1 Å². The molecule has 3 aromatic rings. The van der Waals surface area contributed by atoms with Crippen molar-refractivity contribution in [3.8, 4) is 0 Å². The third kappa shape index (κ3) is 2.26. The first-order valence-corrected chi connectivity index (χ1v) is 6.09. The lowest BCUT2D eigenvalue weighted by Crippen LogP contribution is -2.13. The minimum absolute atomic E-state index is 0.792. The molecule has 3 rings (SSSR count). The quantitative estimate of drug-likeness (QED) is 0.732. The first-order chi connectivity index (χ1) is 8.93. The zero-order chi connectivity index (χ0) is 12.2. The van der Waals surface area contributed by atoms with Gasteiger partial charge in [-0.2, -0.15) is 0 Å². The van der Waals surface area contributed by atoms with E-state index in [2.05, 4.69) is 39.7 Å². The van der Waals surface area contributed by atoms with E-state index in [1.165, 1.54) is 16.5 Å². The van der Waals surface area contributed by atoms with Crippen molar-refractivity contribution in [2.75, 3.05) is 0 Å². The molecule has 1 aromatic carbocycles. The van der Waals surface area contributed by atoms with Gasteiger partial charge >= 0.3 is 0 Å². The molecule has 2 aromatic heterocycles. The molecule has 3 heteroatoms. The minimum Gasteiger partial charge on any atom is -0.361 e. The van der Waals surface area contributed by atoms with Crippen LogP contribution in [0, 0.1) is 0 Å². The first-order valence-electron chi connectivity index (χ1n) is 6.09. The fourth-order valence-corrected chi connectivity index (χ4v) is 2.11. The fourth-order valence-electron chi connectivity index (χ4n) is 2.11. The lowest BCUT2D eigenvalue weighted by Gasteiger charge is -2.03. The Bertz CT molecular complexity index is 628. The van der Waals surface area contributed by atoms with Crippen LogP contribution in [-0.2, 0) is 13.1 Å². The Balaban J connectivity index is 1.67. The molecule has 0 fully saturated rings. The molecule has 0 radical (unpaired) electrons. The predicted molar refractivity (Wildman–Crippen MR) is 73.1 cm³/mol. The summed E-state index contributed by atoms with van der Waals surface area (Å²) in [4.78, 5) is 7.57. The molecule has 0 aliphatic heterocycles. The summed E-state index contributed by atoms with van der Waals surface area (Å²) in [6, 6.07) is 14.3. The Labute approximate surface area is 106 Å². The highest BCUT2D eigenvalue weighted by molar-refractivity contribution is 5.82. The summed E-state index contributed by atoms with van der Waals surface area (Å²) in [5, 5.41) is 4.70. The summed E-state index contributed by atoms with van der Waals surface area (Å²) < 4.78 is 0. The summed E-state index contributed by atoms with van der Waals surface area (Å²) in [6.07, 6.45) is 3.89. The molecule has 0 bridgehead atoms. The van der Waals surface area contributed by atoms with Crippen molar-refractivity contribution in [3.63, 3.8) is 0 Å². The van der Waals surface area contributed by atoms with Gasteiger partial charge in [-0.05, 0) is 23.8 Å².